The van der Waals surface area contributed by atoms with Crippen LogP contribution in [-0.2, 0) is 6.18 Å². The van der Waals surface area contributed by atoms with Gasteiger partial charge in [-0.05, 0) is 30.3 Å². The van der Waals surface area contributed by atoms with E-state index in [0.29, 0.717) is 11.8 Å². The number of benzene rings is 1. The summed E-state index contributed by atoms with van der Waals surface area (Å²) in [6, 6.07) is 3.37. The Balaban J connectivity index is 2.41. The van der Waals surface area contributed by atoms with Crippen LogP contribution in [-0.4, -0.2) is 22.9 Å². The van der Waals surface area contributed by atoms with Crippen molar-refractivity contribution in [3.63, 3.8) is 0 Å². The van der Waals surface area contributed by atoms with E-state index in [0.717, 1.165) is 16.8 Å². The van der Waals surface area contributed by atoms with E-state index in [1.165, 1.54) is 13.1 Å². The van der Waals surface area contributed by atoms with Gasteiger partial charge in [-0.25, -0.2) is 4.79 Å². The molecule has 0 unspecified atom stereocenters. The fraction of sp³-hybridized carbons (Fsp3) is 0.231. The summed E-state index contributed by atoms with van der Waals surface area (Å²) in [4.78, 5) is 21.9. The molecular weight excluding hydrogens is 317 g/mol. The van der Waals surface area contributed by atoms with Crippen molar-refractivity contribution in [3.05, 3.63) is 40.4 Å². The molecule has 1 amide bonds. The fourth-order valence-corrected chi connectivity index (χ4v) is 1.81. The van der Waals surface area contributed by atoms with Crippen LogP contribution in [0.15, 0.2) is 29.4 Å². The highest BCUT2D eigenvalue weighted by Gasteiger charge is 2.35. The lowest BCUT2D eigenvalue weighted by Crippen LogP contribution is -2.26. The molecule has 0 atom stereocenters. The van der Waals surface area contributed by atoms with Crippen molar-refractivity contribution in [2.75, 3.05) is 7.05 Å². The number of carbonyl (C=O) groups is 1. The van der Waals surface area contributed by atoms with Crippen molar-refractivity contribution >= 4 is 11.7 Å². The van der Waals surface area contributed by atoms with E-state index in [4.69, 9.17) is 4.74 Å². The van der Waals surface area contributed by atoms with Gasteiger partial charge in [-0.1, -0.05) is 0 Å². The molecule has 0 bridgehead atoms. The van der Waals surface area contributed by atoms with Crippen LogP contribution in [0.25, 0.3) is 0 Å². The van der Waals surface area contributed by atoms with E-state index in [1.807, 2.05) is 0 Å². The van der Waals surface area contributed by atoms with E-state index in [9.17, 15) is 22.9 Å². The van der Waals surface area contributed by atoms with E-state index in [1.54, 1.807) is 6.92 Å². The summed E-state index contributed by atoms with van der Waals surface area (Å²) >= 11 is 0. The van der Waals surface area contributed by atoms with Crippen molar-refractivity contribution < 1.29 is 22.7 Å². The molecule has 10 heteroatoms. The number of alkyl halides is 3. The zero-order valence-corrected chi connectivity index (χ0v) is 12.0. The van der Waals surface area contributed by atoms with Crippen LogP contribution in [0.1, 0.15) is 11.3 Å². The van der Waals surface area contributed by atoms with Crippen molar-refractivity contribution in [2.45, 2.75) is 13.1 Å². The SMILES string of the molecule is CNC(=O)n1nc(Oc2ccc(N=O)cc2C(F)(F)F)cc1C. The Morgan fingerprint density at radius 1 is 1.35 bits per heavy atom. The summed E-state index contributed by atoms with van der Waals surface area (Å²) < 4.78 is 45.1. The summed E-state index contributed by atoms with van der Waals surface area (Å²) in [6.07, 6.45) is -4.74. The van der Waals surface area contributed by atoms with Gasteiger partial charge in [0.05, 0.1) is 5.69 Å². The number of aryl methyl sites for hydroxylation is 1. The summed E-state index contributed by atoms with van der Waals surface area (Å²) in [5.41, 5.74) is -1.17. The lowest BCUT2D eigenvalue weighted by molar-refractivity contribution is -0.138. The topological polar surface area (TPSA) is 85.6 Å². The predicted octanol–water partition coefficient (Wildman–Crippen LogP) is 3.59. The molecule has 23 heavy (non-hydrogen) atoms. The average Bonchev–Trinajstić information content (AvgIpc) is 2.86. The third kappa shape index (κ3) is 3.47. The number of amides is 1. The second-order valence-corrected chi connectivity index (χ2v) is 4.46. The van der Waals surface area contributed by atoms with Crippen LogP contribution in [0.3, 0.4) is 0 Å². The molecule has 1 aromatic carbocycles. The van der Waals surface area contributed by atoms with Gasteiger partial charge in [-0.2, -0.15) is 17.9 Å². The van der Waals surface area contributed by atoms with Gasteiger partial charge in [0.25, 0.3) is 0 Å². The summed E-state index contributed by atoms with van der Waals surface area (Å²) in [5.74, 6) is -0.741. The molecule has 1 aromatic heterocycles. The molecule has 0 saturated carbocycles. The number of aromatic nitrogens is 2. The molecular formula is C13H11F3N4O3. The van der Waals surface area contributed by atoms with Gasteiger partial charge >= 0.3 is 12.2 Å². The molecule has 7 nitrogen and oxygen atoms in total. The highest BCUT2D eigenvalue weighted by atomic mass is 19.4. The van der Waals surface area contributed by atoms with Crippen molar-refractivity contribution in [1.29, 1.82) is 0 Å². The van der Waals surface area contributed by atoms with Crippen LogP contribution in [0.4, 0.5) is 23.7 Å². The van der Waals surface area contributed by atoms with Crippen LogP contribution >= 0.6 is 0 Å². The second kappa shape index (κ2) is 6.07. The highest BCUT2D eigenvalue weighted by molar-refractivity contribution is 5.76. The zero-order chi connectivity index (χ0) is 17.2. The number of rotatable bonds is 3. The number of nitrogens with zero attached hydrogens (tertiary/aromatic N) is 3. The Labute approximate surface area is 128 Å². The highest BCUT2D eigenvalue weighted by Crippen LogP contribution is 2.40. The minimum Gasteiger partial charge on any atom is -0.437 e. The smallest absolute Gasteiger partial charge is 0.420 e. The summed E-state index contributed by atoms with van der Waals surface area (Å²) in [6.45, 7) is 1.54. The Bertz CT molecular complexity index is 755. The lowest BCUT2D eigenvalue weighted by atomic mass is 10.1. The van der Waals surface area contributed by atoms with Crippen LogP contribution in [0.2, 0.25) is 0 Å². The fourth-order valence-electron chi connectivity index (χ4n) is 1.81. The van der Waals surface area contributed by atoms with Crippen LogP contribution in [0.5, 0.6) is 11.6 Å². The van der Waals surface area contributed by atoms with Gasteiger partial charge in [0.2, 0.25) is 5.88 Å². The van der Waals surface area contributed by atoms with E-state index in [-0.39, 0.29) is 11.6 Å². The quantitative estimate of drug-likeness (QED) is 0.873. The molecule has 2 rings (SSSR count). The van der Waals surface area contributed by atoms with E-state index in [2.05, 4.69) is 15.6 Å². The third-order valence-electron chi connectivity index (χ3n) is 2.86. The minimum atomic E-state index is -4.74. The third-order valence-corrected chi connectivity index (χ3v) is 2.86. The second-order valence-electron chi connectivity index (χ2n) is 4.46. The van der Waals surface area contributed by atoms with E-state index >= 15 is 0 Å². The molecule has 0 aliphatic carbocycles. The number of carbonyl (C=O) groups excluding carboxylic acids is 1. The van der Waals surface area contributed by atoms with Gasteiger partial charge in [0.1, 0.15) is 17.0 Å². The minimum absolute atomic E-state index is 0.191. The molecule has 2 aromatic rings. The first-order chi connectivity index (χ1) is 10.8. The first kappa shape index (κ1) is 16.5. The monoisotopic (exact) mass is 328 g/mol. The van der Waals surface area contributed by atoms with Gasteiger partial charge in [0, 0.05) is 13.1 Å². The number of halogens is 3. The normalized spacial score (nSPS) is 11.2. The predicted molar refractivity (Wildman–Crippen MR) is 73.8 cm³/mol. The first-order valence-corrected chi connectivity index (χ1v) is 6.27. The van der Waals surface area contributed by atoms with Gasteiger partial charge in [-0.3, -0.25) is 0 Å². The Morgan fingerprint density at radius 3 is 2.61 bits per heavy atom. The number of nitroso groups, excluding NO2 is 1. The maximum atomic E-state index is 13.0. The number of nitrogens with one attached hydrogen (secondary N) is 1. The van der Waals surface area contributed by atoms with Gasteiger partial charge in [0.15, 0.2) is 0 Å². The van der Waals surface area contributed by atoms with Crippen LogP contribution in [0, 0.1) is 11.8 Å². The Kier molecular flexibility index (Phi) is 4.34. The number of hydrogen-bond donors (Lipinski definition) is 1. The Morgan fingerprint density at radius 2 is 2.04 bits per heavy atom. The molecule has 0 radical (unpaired) electrons. The average molecular weight is 328 g/mol. The number of hydrogen-bond acceptors (Lipinski definition) is 5. The summed E-state index contributed by atoms with van der Waals surface area (Å²) in [5, 5.41) is 8.57. The molecule has 0 aliphatic heterocycles. The molecule has 1 N–H and O–H groups in total. The number of ether oxygens (including phenoxy) is 1. The molecule has 0 aliphatic rings. The maximum Gasteiger partial charge on any atom is 0.420 e. The summed E-state index contributed by atoms with van der Waals surface area (Å²) in [7, 11) is 1.39. The molecule has 0 spiro atoms. The molecule has 0 fully saturated rings. The molecule has 0 saturated heterocycles. The lowest BCUT2D eigenvalue weighted by Gasteiger charge is -2.12. The molecule has 1 heterocycles. The van der Waals surface area contributed by atoms with Crippen molar-refractivity contribution in [2.24, 2.45) is 5.18 Å². The van der Waals surface area contributed by atoms with Crippen LogP contribution < -0.4 is 10.1 Å². The maximum absolute atomic E-state index is 13.0. The first-order valence-electron chi connectivity index (χ1n) is 6.27. The van der Waals surface area contributed by atoms with Gasteiger partial charge < -0.3 is 10.1 Å². The largest absolute Gasteiger partial charge is 0.437 e. The zero-order valence-electron chi connectivity index (χ0n) is 12.0. The van der Waals surface area contributed by atoms with Crippen molar-refractivity contribution in [1.82, 2.24) is 15.1 Å². The van der Waals surface area contributed by atoms with Gasteiger partial charge in [-0.15, -0.1) is 10.0 Å². The van der Waals surface area contributed by atoms with Crippen molar-refractivity contribution in [3.8, 4) is 11.6 Å². The standard InChI is InChI=1S/C13H11F3N4O3/c1-7-5-11(18-20(7)12(21)17-2)23-10-4-3-8(19-22)6-9(10)13(14,15)16/h3-6H,1-2H3,(H,17,21). The van der Waals surface area contributed by atoms with E-state index < -0.39 is 23.5 Å². The Hall–Kier alpha value is -2.91. The molecule has 122 valence electrons.